The Hall–Kier alpha value is -6.12. The van der Waals surface area contributed by atoms with E-state index in [1.54, 1.807) is 23.6 Å². The van der Waals surface area contributed by atoms with Crippen LogP contribution in [0.1, 0.15) is 103 Å². The standard InChI is InChI=1S/C59H75FN10O7S/c1-7-37-9-8-10-40-25-43(71)26-45(49(37)40)51-50(60)52-46(28-61-51)55(69-29-41-15-16-42(30-69)64-41)67-58(66-52)77-24-22-68-20-17-36(18-21-68)19-23-76-32-48(73)65-54(59(4,5)6)57(75)70-31-44(72)27-47(70)56(74)63-34(2)38-11-13-39(14-12-38)53-35(3)62-33-78-53/h8-14,25-26,28,33-34,36,40-42,44,47,49,54,64,71-72H,7,15-24,27,29-32H2,1-6H3,(H,63,74)(H,65,73)/t34-,40?,41?,42?,44+,47-,49?,54+/m0/s1. The number of nitrogens with one attached hydrogen (secondary N) is 3. The number of ether oxygens (including phenoxy) is 2. The molecule has 0 spiro atoms. The quantitative estimate of drug-likeness (QED) is 0.0617. The first-order valence-corrected chi connectivity index (χ1v) is 28.8. The molecular formula is C59H75FN10O7S. The predicted octanol–water partition coefficient (Wildman–Crippen LogP) is 7.38. The molecule has 3 aromatic heterocycles. The fourth-order valence-electron chi connectivity index (χ4n) is 12.3. The van der Waals surface area contributed by atoms with Gasteiger partial charge in [0.2, 0.25) is 17.7 Å². The number of piperidine rings is 1. The van der Waals surface area contributed by atoms with Crippen LogP contribution in [-0.2, 0) is 19.1 Å². The van der Waals surface area contributed by atoms with E-state index < -0.39 is 41.2 Å². The van der Waals surface area contributed by atoms with E-state index in [4.69, 9.17) is 24.4 Å². The van der Waals surface area contributed by atoms with Crippen molar-refractivity contribution < 1.29 is 38.5 Å². The Labute approximate surface area is 460 Å². The summed E-state index contributed by atoms with van der Waals surface area (Å²) < 4.78 is 29.3. The largest absolute Gasteiger partial charge is 0.508 e. The molecule has 7 heterocycles. The zero-order valence-corrected chi connectivity index (χ0v) is 46.5. The number of hydrogen-bond acceptors (Lipinski definition) is 15. The maximum atomic E-state index is 17.1. The summed E-state index contributed by atoms with van der Waals surface area (Å²) in [6, 6.07) is 6.52. The van der Waals surface area contributed by atoms with E-state index in [2.05, 4.69) is 43.7 Å². The van der Waals surface area contributed by atoms with Gasteiger partial charge in [0, 0.05) is 69.3 Å². The van der Waals surface area contributed by atoms with Gasteiger partial charge in [-0.15, -0.1) is 11.3 Å². The van der Waals surface area contributed by atoms with Crippen molar-refractivity contribution in [3.05, 3.63) is 100 Å². The number of amides is 3. The van der Waals surface area contributed by atoms with Crippen molar-refractivity contribution in [1.82, 2.24) is 45.7 Å². The molecule has 0 saturated carbocycles. The van der Waals surface area contributed by atoms with Crippen LogP contribution >= 0.6 is 11.3 Å². The fraction of sp³-hybridized carbons (Fsp3) is 0.542. The molecule has 8 atom stereocenters. The summed E-state index contributed by atoms with van der Waals surface area (Å²) in [6.45, 7) is 15.8. The average molecular weight is 1090 g/mol. The second kappa shape index (κ2) is 23.7. The molecule has 78 heavy (non-hydrogen) atoms. The molecule has 4 unspecified atom stereocenters. The topological polar surface area (TPSA) is 208 Å². The Morgan fingerprint density at radius 1 is 1.00 bits per heavy atom. The summed E-state index contributed by atoms with van der Waals surface area (Å²) in [4.78, 5) is 67.1. The van der Waals surface area contributed by atoms with E-state index in [1.165, 1.54) is 4.90 Å². The highest BCUT2D eigenvalue weighted by Crippen LogP contribution is 2.45. The molecule has 4 saturated heterocycles. The summed E-state index contributed by atoms with van der Waals surface area (Å²) >= 11 is 1.58. The van der Waals surface area contributed by atoms with E-state index in [-0.39, 0.29) is 66.3 Å². The van der Waals surface area contributed by atoms with Crippen LogP contribution in [0.3, 0.4) is 0 Å². The van der Waals surface area contributed by atoms with Crippen molar-refractivity contribution in [2.24, 2.45) is 23.2 Å². The van der Waals surface area contributed by atoms with Crippen molar-refractivity contribution in [3.8, 4) is 16.5 Å². The molecule has 17 nitrogen and oxygen atoms in total. The summed E-state index contributed by atoms with van der Waals surface area (Å²) in [5, 5.41) is 31.7. The first-order chi connectivity index (χ1) is 37.5. The molecule has 0 radical (unpaired) electrons. The van der Waals surface area contributed by atoms with Crippen LogP contribution < -0.4 is 25.6 Å². The Balaban J connectivity index is 0.698. The first kappa shape index (κ1) is 55.2. The number of β-amino-alcohol motifs (C(OH)–C–C–N with tert-alkyl or cyclic N) is 1. The van der Waals surface area contributed by atoms with E-state index >= 15 is 4.39 Å². The van der Waals surface area contributed by atoms with Gasteiger partial charge in [-0.3, -0.25) is 24.3 Å². The van der Waals surface area contributed by atoms with Crippen molar-refractivity contribution in [2.45, 2.75) is 123 Å². The van der Waals surface area contributed by atoms with Crippen LogP contribution in [0.2, 0.25) is 0 Å². The third-order valence-electron chi connectivity index (χ3n) is 16.6. The van der Waals surface area contributed by atoms with Gasteiger partial charge >= 0.3 is 6.01 Å². The lowest BCUT2D eigenvalue weighted by Gasteiger charge is -2.35. The van der Waals surface area contributed by atoms with Crippen molar-refractivity contribution in [1.29, 1.82) is 0 Å². The maximum Gasteiger partial charge on any atom is 0.319 e. The van der Waals surface area contributed by atoms with Gasteiger partial charge in [0.05, 0.1) is 33.6 Å². The third kappa shape index (κ3) is 12.2. The number of halogens is 1. The summed E-state index contributed by atoms with van der Waals surface area (Å²) in [7, 11) is 0. The lowest BCUT2D eigenvalue weighted by molar-refractivity contribution is -0.144. The van der Waals surface area contributed by atoms with Gasteiger partial charge in [0.25, 0.3) is 0 Å². The zero-order valence-electron chi connectivity index (χ0n) is 45.7. The number of hydrogen-bond donors (Lipinski definition) is 5. The van der Waals surface area contributed by atoms with Crippen LogP contribution in [-0.4, -0.2) is 147 Å². The molecule has 19 heteroatoms. The Kier molecular flexibility index (Phi) is 16.8. The molecule has 2 bridgehead atoms. The second-order valence-corrected chi connectivity index (χ2v) is 24.0. The number of aryl methyl sites for hydroxylation is 1. The number of pyridine rings is 1. The highest BCUT2D eigenvalue weighted by Gasteiger charge is 2.45. The minimum Gasteiger partial charge on any atom is -0.508 e. The van der Waals surface area contributed by atoms with E-state index in [0.29, 0.717) is 54.5 Å². The number of aliphatic hydroxyl groups is 2. The number of anilines is 1. The first-order valence-electron chi connectivity index (χ1n) is 27.9. The zero-order chi connectivity index (χ0) is 54.8. The van der Waals surface area contributed by atoms with Crippen molar-refractivity contribution in [2.75, 3.05) is 64.0 Å². The van der Waals surface area contributed by atoms with Gasteiger partial charge in [-0.1, -0.05) is 75.8 Å². The van der Waals surface area contributed by atoms with Crippen LogP contribution in [0, 0.1) is 35.9 Å². The van der Waals surface area contributed by atoms with Crippen molar-refractivity contribution >= 4 is 51.4 Å². The third-order valence-corrected chi connectivity index (χ3v) is 17.6. The number of aliphatic hydroxyl groups excluding tert-OH is 2. The number of nitrogens with zero attached hydrogens (tertiary/aromatic N) is 7. The number of carbonyl (C=O) groups excluding carboxylic acids is 3. The number of fused-ring (bicyclic) bond motifs is 4. The average Bonchev–Trinajstić information content (AvgIpc) is 4.28. The lowest BCUT2D eigenvalue weighted by Crippen LogP contribution is -2.58. The summed E-state index contributed by atoms with van der Waals surface area (Å²) in [6.07, 6.45) is 16.1. The van der Waals surface area contributed by atoms with Gasteiger partial charge in [0.1, 0.15) is 48.1 Å². The molecule has 4 aliphatic heterocycles. The smallest absolute Gasteiger partial charge is 0.319 e. The molecule has 4 aromatic rings. The monoisotopic (exact) mass is 1090 g/mol. The van der Waals surface area contributed by atoms with Gasteiger partial charge in [-0.05, 0) is 106 Å². The normalized spacial score (nSPS) is 24.3. The second-order valence-electron chi connectivity index (χ2n) is 23.1. The van der Waals surface area contributed by atoms with E-state index in [9.17, 15) is 24.6 Å². The minimum atomic E-state index is -0.959. The number of piperazine rings is 1. The van der Waals surface area contributed by atoms with Gasteiger partial charge < -0.3 is 45.4 Å². The maximum absolute atomic E-state index is 17.1. The highest BCUT2D eigenvalue weighted by atomic mass is 32.1. The number of benzene rings is 1. The minimum absolute atomic E-state index is 0.0149. The molecule has 416 valence electrons. The van der Waals surface area contributed by atoms with Gasteiger partial charge in [-0.25, -0.2) is 9.37 Å². The SMILES string of the molecule is CCC1=CC=CC2C=C(O)C=C(c3ncc4c(N5CC6CCC(C5)N6)nc(OCCN5CCC(CCOCC(=O)N[C@H](C(=O)N6C[C@H](O)C[C@H]6C(=O)N[C@@H](C)c6ccc(-c7scnc7C)cc6)C(C)(C)C)CC5)nc4c3F)C12. The number of rotatable bonds is 18. The number of carbonyl (C=O) groups is 3. The fourth-order valence-corrected chi connectivity index (χ4v) is 13.1. The van der Waals surface area contributed by atoms with Gasteiger partial charge in [-0.2, -0.15) is 9.97 Å². The summed E-state index contributed by atoms with van der Waals surface area (Å²) in [5.74, 6) is -0.916. The predicted molar refractivity (Wildman–Crippen MR) is 299 cm³/mol. The van der Waals surface area contributed by atoms with Crippen LogP contribution in [0.4, 0.5) is 10.2 Å². The number of allylic oxidation sites excluding steroid dienone is 7. The van der Waals surface area contributed by atoms with Gasteiger partial charge in [0.15, 0.2) is 5.82 Å². The van der Waals surface area contributed by atoms with Crippen LogP contribution in [0.5, 0.6) is 6.01 Å². The molecule has 10 rings (SSSR count). The number of aromatic nitrogens is 4. The highest BCUT2D eigenvalue weighted by molar-refractivity contribution is 7.13. The van der Waals surface area contributed by atoms with Crippen LogP contribution in [0.15, 0.2) is 77.7 Å². The molecule has 1 aromatic carbocycles. The Bertz CT molecular complexity index is 2970. The number of likely N-dealkylation sites (tertiary alicyclic amines) is 2. The van der Waals surface area contributed by atoms with Crippen molar-refractivity contribution in [3.63, 3.8) is 0 Å². The van der Waals surface area contributed by atoms with Crippen LogP contribution in [0.25, 0.3) is 26.9 Å². The Morgan fingerprint density at radius 2 is 1.76 bits per heavy atom. The van der Waals surface area contributed by atoms with E-state index in [0.717, 1.165) is 92.0 Å². The molecule has 3 amide bonds. The molecule has 5 N–H and O–H groups in total. The molecule has 6 aliphatic rings. The number of thiazole rings is 1. The lowest BCUT2D eigenvalue weighted by atomic mass is 9.72. The van der Waals surface area contributed by atoms with E-state index in [1.807, 2.05) is 82.6 Å². The summed E-state index contributed by atoms with van der Waals surface area (Å²) in [5.41, 5.74) is 6.13. The molecule has 4 fully saturated rings. The molecular weight excluding hydrogens is 1010 g/mol. The Morgan fingerprint density at radius 3 is 2.46 bits per heavy atom. The molecule has 2 aliphatic carbocycles.